The highest BCUT2D eigenvalue weighted by molar-refractivity contribution is 8.18. The fraction of sp³-hybridized carbons (Fsp3) is 0.125. The van der Waals surface area contributed by atoms with Crippen molar-refractivity contribution >= 4 is 57.8 Å². The number of carbonyl (C=O) groups is 1. The van der Waals surface area contributed by atoms with Crippen molar-refractivity contribution < 1.29 is 14.3 Å². The molecule has 4 aromatic carbocycles. The van der Waals surface area contributed by atoms with E-state index in [0.717, 1.165) is 28.8 Å². The topological polar surface area (TPSA) is 51.1 Å². The Labute approximate surface area is 248 Å². The number of amidine groups is 1. The lowest BCUT2D eigenvalue weighted by Crippen LogP contribution is -2.31. The lowest BCUT2D eigenvalue weighted by Gasteiger charge is -2.15. The van der Waals surface area contributed by atoms with Gasteiger partial charge in [0.25, 0.3) is 5.91 Å². The van der Waals surface area contributed by atoms with Gasteiger partial charge in [-0.3, -0.25) is 9.69 Å². The number of para-hydroxylation sites is 1. The quantitative estimate of drug-likeness (QED) is 0.184. The maximum Gasteiger partial charge on any atom is 0.266 e. The van der Waals surface area contributed by atoms with E-state index in [1.165, 1.54) is 11.8 Å². The molecule has 0 radical (unpaired) electrons. The number of halogens is 2. The first-order chi connectivity index (χ1) is 19.5. The molecule has 40 heavy (non-hydrogen) atoms. The Morgan fingerprint density at radius 1 is 0.850 bits per heavy atom. The number of amides is 1. The van der Waals surface area contributed by atoms with Gasteiger partial charge in [0.15, 0.2) is 16.7 Å². The van der Waals surface area contributed by atoms with E-state index in [0.29, 0.717) is 44.8 Å². The summed E-state index contributed by atoms with van der Waals surface area (Å²) in [5.41, 5.74) is 3.67. The zero-order valence-corrected chi connectivity index (χ0v) is 24.0. The van der Waals surface area contributed by atoms with Crippen molar-refractivity contribution in [3.63, 3.8) is 0 Å². The predicted molar refractivity (Wildman–Crippen MR) is 165 cm³/mol. The van der Waals surface area contributed by atoms with Crippen LogP contribution in [-0.2, 0) is 17.8 Å². The van der Waals surface area contributed by atoms with E-state index in [4.69, 9.17) is 37.7 Å². The van der Waals surface area contributed by atoms with Crippen LogP contribution in [0.3, 0.4) is 0 Å². The number of thioether (sulfide) groups is 1. The van der Waals surface area contributed by atoms with Crippen LogP contribution in [-0.4, -0.2) is 29.6 Å². The molecule has 0 saturated carbocycles. The van der Waals surface area contributed by atoms with Gasteiger partial charge in [-0.15, -0.1) is 0 Å². The minimum absolute atomic E-state index is 0.0745. The fourth-order valence-corrected chi connectivity index (χ4v) is 5.47. The molecule has 0 unspecified atom stereocenters. The van der Waals surface area contributed by atoms with Gasteiger partial charge in [-0.1, -0.05) is 83.9 Å². The van der Waals surface area contributed by atoms with Crippen LogP contribution >= 0.6 is 35.0 Å². The number of ether oxygens (including phenoxy) is 2. The van der Waals surface area contributed by atoms with Crippen LogP contribution in [0.4, 0.5) is 5.69 Å². The normalized spacial score (nSPS) is 15.2. The molecule has 1 aliphatic rings. The number of carbonyl (C=O) groups excluding carboxylic acids is 1. The summed E-state index contributed by atoms with van der Waals surface area (Å²) in [5, 5.41) is 1.63. The van der Waals surface area contributed by atoms with Crippen molar-refractivity contribution in [1.82, 2.24) is 4.90 Å². The van der Waals surface area contributed by atoms with Crippen LogP contribution in [0.15, 0.2) is 107 Å². The molecular weight excluding hydrogens is 563 g/mol. The molecule has 5 nitrogen and oxygen atoms in total. The monoisotopic (exact) mass is 588 g/mol. The highest BCUT2D eigenvalue weighted by Crippen LogP contribution is 2.36. The maximum absolute atomic E-state index is 13.5. The minimum Gasteiger partial charge on any atom is -0.493 e. The summed E-state index contributed by atoms with van der Waals surface area (Å²) in [6, 6.07) is 30.8. The average molecular weight is 590 g/mol. The highest BCUT2D eigenvalue weighted by atomic mass is 35.5. The van der Waals surface area contributed by atoms with E-state index < -0.39 is 0 Å². The minimum atomic E-state index is -0.0745. The lowest BCUT2D eigenvalue weighted by molar-refractivity contribution is -0.122. The molecule has 0 aliphatic carbocycles. The number of hydrogen-bond acceptors (Lipinski definition) is 5. The van der Waals surface area contributed by atoms with E-state index in [1.54, 1.807) is 24.1 Å². The number of methoxy groups -OCH3 is 1. The van der Waals surface area contributed by atoms with Crippen LogP contribution in [0, 0.1) is 0 Å². The van der Waals surface area contributed by atoms with Crippen molar-refractivity contribution in [2.75, 3.05) is 13.7 Å². The molecule has 0 N–H and O–H groups in total. The first kappa shape index (κ1) is 27.8. The Balaban J connectivity index is 1.36. The zero-order chi connectivity index (χ0) is 27.9. The average Bonchev–Trinajstić information content (AvgIpc) is 3.26. The summed E-state index contributed by atoms with van der Waals surface area (Å²) in [6.45, 7) is 0.835. The summed E-state index contributed by atoms with van der Waals surface area (Å²) < 4.78 is 11.6. The zero-order valence-electron chi connectivity index (χ0n) is 21.7. The van der Waals surface area contributed by atoms with Crippen LogP contribution in [0.2, 0.25) is 10.0 Å². The molecule has 1 amide bonds. The number of nitrogens with zero attached hydrogens (tertiary/aromatic N) is 2. The van der Waals surface area contributed by atoms with E-state index >= 15 is 0 Å². The van der Waals surface area contributed by atoms with E-state index in [2.05, 4.69) is 12.1 Å². The van der Waals surface area contributed by atoms with Gasteiger partial charge < -0.3 is 9.47 Å². The number of rotatable bonds is 9. The maximum atomic E-state index is 13.5. The second kappa shape index (κ2) is 13.1. The van der Waals surface area contributed by atoms with Crippen molar-refractivity contribution in [1.29, 1.82) is 0 Å². The molecule has 0 aromatic heterocycles. The third-order valence-electron chi connectivity index (χ3n) is 6.20. The first-order valence-corrected chi connectivity index (χ1v) is 14.2. The predicted octanol–water partition coefficient (Wildman–Crippen LogP) is 8.43. The third-order valence-corrected chi connectivity index (χ3v) is 7.95. The van der Waals surface area contributed by atoms with Crippen molar-refractivity contribution in [2.45, 2.75) is 13.0 Å². The van der Waals surface area contributed by atoms with Gasteiger partial charge >= 0.3 is 0 Å². The van der Waals surface area contributed by atoms with Gasteiger partial charge in [0.1, 0.15) is 6.61 Å². The number of aliphatic imine (C=N–C) groups is 1. The standard InChI is InChI=1S/C32H26Cl2N2O3S/c1-38-29-19-23(13-15-28(29)39-21-24-12-14-26(33)27(34)18-24)20-30-31(37)36(17-16-22-8-4-2-5-9-22)32(40-30)35-25-10-6-3-7-11-25/h2-15,18-20H,16-17,21H2,1H3/b30-20+,35-32?. The molecule has 0 spiro atoms. The first-order valence-electron chi connectivity index (χ1n) is 12.6. The molecule has 202 valence electrons. The summed E-state index contributed by atoms with van der Waals surface area (Å²) >= 11 is 13.5. The Kier molecular flexibility index (Phi) is 9.12. The van der Waals surface area contributed by atoms with Crippen molar-refractivity contribution in [3.8, 4) is 11.5 Å². The molecule has 0 atom stereocenters. The molecule has 1 heterocycles. The Bertz CT molecular complexity index is 1560. The second-order valence-electron chi connectivity index (χ2n) is 8.98. The van der Waals surface area contributed by atoms with Crippen LogP contribution in [0.25, 0.3) is 6.08 Å². The van der Waals surface area contributed by atoms with Crippen LogP contribution < -0.4 is 9.47 Å². The summed E-state index contributed by atoms with van der Waals surface area (Å²) in [4.78, 5) is 20.7. The van der Waals surface area contributed by atoms with Gasteiger partial charge in [-0.05, 0) is 77.3 Å². The van der Waals surface area contributed by atoms with Crippen LogP contribution in [0.5, 0.6) is 11.5 Å². The van der Waals surface area contributed by atoms with Gasteiger partial charge in [0.05, 0.1) is 27.7 Å². The smallest absolute Gasteiger partial charge is 0.266 e. The largest absolute Gasteiger partial charge is 0.493 e. The molecule has 4 aromatic rings. The van der Waals surface area contributed by atoms with Crippen molar-refractivity contribution in [3.05, 3.63) is 129 Å². The lowest BCUT2D eigenvalue weighted by atomic mass is 10.1. The van der Waals surface area contributed by atoms with Gasteiger partial charge in [0, 0.05) is 6.54 Å². The molecule has 5 rings (SSSR count). The van der Waals surface area contributed by atoms with Gasteiger partial charge in [0.2, 0.25) is 0 Å². The second-order valence-corrected chi connectivity index (χ2v) is 10.8. The molecule has 1 saturated heterocycles. The molecule has 8 heteroatoms. The van der Waals surface area contributed by atoms with Gasteiger partial charge in [-0.2, -0.15) is 0 Å². The Morgan fingerprint density at radius 3 is 2.33 bits per heavy atom. The SMILES string of the molecule is COc1cc(/C=C2/SC(=Nc3ccccc3)N(CCc3ccccc3)C2=O)ccc1OCc1ccc(Cl)c(Cl)c1. The molecule has 1 fully saturated rings. The fourth-order valence-electron chi connectivity index (χ4n) is 4.12. The Morgan fingerprint density at radius 2 is 1.60 bits per heavy atom. The molecule has 1 aliphatic heterocycles. The number of benzene rings is 4. The summed E-state index contributed by atoms with van der Waals surface area (Å²) in [7, 11) is 1.59. The highest BCUT2D eigenvalue weighted by Gasteiger charge is 2.33. The Hall–Kier alpha value is -3.71. The third kappa shape index (κ3) is 6.89. The van der Waals surface area contributed by atoms with Crippen molar-refractivity contribution in [2.24, 2.45) is 4.99 Å². The molecular formula is C32H26Cl2N2O3S. The summed E-state index contributed by atoms with van der Waals surface area (Å²) in [6.07, 6.45) is 2.59. The van der Waals surface area contributed by atoms with Crippen LogP contribution in [0.1, 0.15) is 16.7 Å². The van der Waals surface area contributed by atoms with E-state index in [1.807, 2.05) is 78.9 Å². The van der Waals surface area contributed by atoms with E-state index in [9.17, 15) is 4.79 Å². The molecule has 0 bridgehead atoms. The summed E-state index contributed by atoms with van der Waals surface area (Å²) in [5.74, 6) is 1.07. The van der Waals surface area contributed by atoms with E-state index in [-0.39, 0.29) is 5.91 Å². The van der Waals surface area contributed by atoms with Gasteiger partial charge in [-0.25, -0.2) is 4.99 Å². The number of hydrogen-bond donors (Lipinski definition) is 0.